The number of halogens is 3. The highest BCUT2D eigenvalue weighted by Gasteiger charge is 2.33. The second kappa shape index (κ2) is 7.21. The number of rotatable bonds is 2. The molecule has 0 spiro atoms. The van der Waals surface area contributed by atoms with E-state index in [0.29, 0.717) is 55.6 Å². The van der Waals surface area contributed by atoms with E-state index in [1.807, 2.05) is 6.92 Å². The van der Waals surface area contributed by atoms with E-state index in [4.69, 9.17) is 0 Å². The molecule has 0 aromatic heterocycles. The molecule has 0 radical (unpaired) electrons. The van der Waals surface area contributed by atoms with Gasteiger partial charge in [-0.25, -0.2) is 0 Å². The quantitative estimate of drug-likeness (QED) is 0.737. The van der Waals surface area contributed by atoms with Gasteiger partial charge in [0, 0.05) is 36.4 Å². The molecule has 2 aliphatic rings. The van der Waals surface area contributed by atoms with Crippen LogP contribution in [0.15, 0.2) is 36.4 Å². The Hall–Kier alpha value is -2.83. The smallest absolute Gasteiger partial charge is 0.312 e. The third-order valence-electron chi connectivity index (χ3n) is 5.60. The summed E-state index contributed by atoms with van der Waals surface area (Å²) < 4.78 is 39.0. The average molecular weight is 402 g/mol. The van der Waals surface area contributed by atoms with Gasteiger partial charge in [-0.15, -0.1) is 0 Å². The predicted molar refractivity (Wildman–Crippen MR) is 104 cm³/mol. The molecule has 2 aromatic carbocycles. The van der Waals surface area contributed by atoms with Gasteiger partial charge in [0.25, 0.3) is 5.91 Å². The van der Waals surface area contributed by atoms with Crippen molar-refractivity contribution in [3.8, 4) is 0 Å². The van der Waals surface area contributed by atoms with Crippen molar-refractivity contribution in [1.82, 2.24) is 0 Å². The third kappa shape index (κ3) is 3.50. The minimum Gasteiger partial charge on any atom is -0.312 e. The van der Waals surface area contributed by atoms with Crippen molar-refractivity contribution in [2.45, 2.75) is 38.8 Å². The summed E-state index contributed by atoms with van der Waals surface area (Å²) in [7, 11) is 0. The lowest BCUT2D eigenvalue weighted by atomic mass is 9.98. The summed E-state index contributed by atoms with van der Waals surface area (Å²) in [5, 5.41) is 0. The summed E-state index contributed by atoms with van der Waals surface area (Å²) in [5.41, 5.74) is 2.66. The van der Waals surface area contributed by atoms with Crippen LogP contribution < -0.4 is 9.80 Å². The Balaban J connectivity index is 1.63. The van der Waals surface area contributed by atoms with Gasteiger partial charge in [-0.1, -0.05) is 6.92 Å². The van der Waals surface area contributed by atoms with E-state index in [1.54, 1.807) is 28.0 Å². The number of fused-ring (bicyclic) bond motifs is 2. The Kier molecular flexibility index (Phi) is 4.84. The first-order chi connectivity index (χ1) is 13.8. The van der Waals surface area contributed by atoms with Gasteiger partial charge in [0.05, 0.1) is 5.56 Å². The van der Waals surface area contributed by atoms with Gasteiger partial charge in [-0.2, -0.15) is 13.2 Å². The second-order valence-electron chi connectivity index (χ2n) is 7.39. The van der Waals surface area contributed by atoms with Crippen molar-refractivity contribution in [1.29, 1.82) is 0 Å². The van der Waals surface area contributed by atoms with E-state index in [2.05, 4.69) is 0 Å². The molecule has 2 aromatic rings. The largest absolute Gasteiger partial charge is 0.416 e. The predicted octanol–water partition coefficient (Wildman–Crippen LogP) is 4.60. The van der Waals surface area contributed by atoms with Gasteiger partial charge in [-0.3, -0.25) is 9.59 Å². The van der Waals surface area contributed by atoms with Crippen molar-refractivity contribution in [2.75, 3.05) is 22.9 Å². The molecule has 0 atom stereocenters. The molecule has 4 rings (SSSR count). The number of alkyl halides is 3. The Morgan fingerprint density at radius 2 is 1.62 bits per heavy atom. The zero-order chi connectivity index (χ0) is 20.8. The van der Waals surface area contributed by atoms with Crippen LogP contribution in [0.1, 0.15) is 46.8 Å². The number of carbonyl (C=O) groups excluding carboxylic acids is 2. The first kappa shape index (κ1) is 19.5. The topological polar surface area (TPSA) is 40.6 Å². The van der Waals surface area contributed by atoms with Crippen molar-refractivity contribution >= 4 is 23.2 Å². The first-order valence-electron chi connectivity index (χ1n) is 9.75. The van der Waals surface area contributed by atoms with E-state index in [9.17, 15) is 22.8 Å². The lowest BCUT2D eigenvalue weighted by Gasteiger charge is -2.30. The molecule has 0 saturated heterocycles. The summed E-state index contributed by atoms with van der Waals surface area (Å²) in [6.45, 7) is 2.89. The van der Waals surface area contributed by atoms with Crippen molar-refractivity contribution < 1.29 is 22.8 Å². The molecule has 2 heterocycles. The summed E-state index contributed by atoms with van der Waals surface area (Å²) in [6.07, 6.45) is -2.16. The maximum Gasteiger partial charge on any atom is 0.416 e. The van der Waals surface area contributed by atoms with Crippen LogP contribution in [0.5, 0.6) is 0 Å². The Morgan fingerprint density at radius 1 is 0.931 bits per heavy atom. The lowest BCUT2D eigenvalue weighted by molar-refractivity contribution is -0.137. The molecule has 0 bridgehead atoms. The molecule has 2 amide bonds. The monoisotopic (exact) mass is 402 g/mol. The summed E-state index contributed by atoms with van der Waals surface area (Å²) in [6, 6.07) is 8.86. The van der Waals surface area contributed by atoms with Gasteiger partial charge < -0.3 is 9.80 Å². The van der Waals surface area contributed by atoms with Crippen molar-refractivity contribution in [3.05, 3.63) is 58.7 Å². The minimum atomic E-state index is -4.40. The van der Waals surface area contributed by atoms with E-state index in [-0.39, 0.29) is 11.8 Å². The van der Waals surface area contributed by atoms with Gasteiger partial charge >= 0.3 is 6.18 Å². The molecule has 0 aliphatic carbocycles. The Labute approximate surface area is 166 Å². The Bertz CT molecular complexity index is 985. The summed E-state index contributed by atoms with van der Waals surface area (Å²) >= 11 is 0. The van der Waals surface area contributed by atoms with E-state index >= 15 is 0 Å². The number of carbonyl (C=O) groups is 2. The fourth-order valence-electron chi connectivity index (χ4n) is 4.12. The van der Waals surface area contributed by atoms with Gasteiger partial charge in [0.15, 0.2) is 0 Å². The molecule has 4 nitrogen and oxygen atoms in total. The van der Waals surface area contributed by atoms with Crippen molar-refractivity contribution in [3.63, 3.8) is 0 Å². The number of nitrogens with zero attached hydrogens (tertiary/aromatic N) is 2. The van der Waals surface area contributed by atoms with Crippen LogP contribution in [0, 0.1) is 0 Å². The number of hydrogen-bond donors (Lipinski definition) is 0. The molecule has 2 aliphatic heterocycles. The lowest BCUT2D eigenvalue weighted by Crippen LogP contribution is -2.35. The third-order valence-corrected chi connectivity index (χ3v) is 5.60. The van der Waals surface area contributed by atoms with Crippen LogP contribution in [0.25, 0.3) is 0 Å². The van der Waals surface area contributed by atoms with E-state index in [1.165, 1.54) is 6.07 Å². The highest BCUT2D eigenvalue weighted by atomic mass is 19.4. The second-order valence-corrected chi connectivity index (χ2v) is 7.39. The molecule has 0 fully saturated rings. The molecular formula is C22H21F3N2O2. The molecular weight excluding hydrogens is 381 g/mol. The molecule has 0 N–H and O–H groups in total. The summed E-state index contributed by atoms with van der Waals surface area (Å²) in [5.74, 6) is -0.179. The van der Waals surface area contributed by atoms with Crippen LogP contribution >= 0.6 is 0 Å². The van der Waals surface area contributed by atoms with E-state index < -0.39 is 11.7 Å². The molecule has 0 saturated carbocycles. The summed E-state index contributed by atoms with van der Waals surface area (Å²) in [4.78, 5) is 28.5. The van der Waals surface area contributed by atoms with Crippen LogP contribution in [-0.2, 0) is 23.8 Å². The molecule has 152 valence electrons. The van der Waals surface area contributed by atoms with Crippen LogP contribution in [0.3, 0.4) is 0 Å². The minimum absolute atomic E-state index is 0.0493. The van der Waals surface area contributed by atoms with Crippen molar-refractivity contribution in [2.24, 2.45) is 0 Å². The molecule has 29 heavy (non-hydrogen) atoms. The maximum atomic E-state index is 13.1. The fraction of sp³-hybridized carbons (Fsp3) is 0.364. The SMILES string of the molecule is CCC(=O)N1CCc2cc(C(=O)N3CCCc4cc(C(F)(F)F)ccc43)ccc21. The Morgan fingerprint density at radius 3 is 2.34 bits per heavy atom. The van der Waals surface area contributed by atoms with Crippen LogP contribution in [-0.4, -0.2) is 24.9 Å². The normalized spacial score (nSPS) is 15.9. The van der Waals surface area contributed by atoms with Gasteiger partial charge in [-0.05, 0) is 66.8 Å². The number of anilines is 2. The highest BCUT2D eigenvalue weighted by molar-refractivity contribution is 6.07. The number of amides is 2. The standard InChI is InChI=1S/C22H21F3N2O2/c1-2-20(28)26-11-9-15-12-16(5-7-18(15)26)21(29)27-10-3-4-14-13-17(22(23,24)25)6-8-19(14)27/h5-8,12-13H,2-4,9-11H2,1H3. The first-order valence-corrected chi connectivity index (χ1v) is 9.75. The number of hydrogen-bond acceptors (Lipinski definition) is 2. The van der Waals surface area contributed by atoms with Crippen LogP contribution in [0.2, 0.25) is 0 Å². The fourth-order valence-corrected chi connectivity index (χ4v) is 4.12. The van der Waals surface area contributed by atoms with E-state index in [0.717, 1.165) is 23.4 Å². The number of aryl methyl sites for hydroxylation is 1. The maximum absolute atomic E-state index is 13.1. The highest BCUT2D eigenvalue weighted by Crippen LogP contribution is 2.36. The number of benzene rings is 2. The molecule has 0 unspecified atom stereocenters. The van der Waals surface area contributed by atoms with Gasteiger partial charge in [0.1, 0.15) is 0 Å². The zero-order valence-corrected chi connectivity index (χ0v) is 16.1. The van der Waals surface area contributed by atoms with Crippen LogP contribution in [0.4, 0.5) is 24.5 Å². The average Bonchev–Trinajstić information content (AvgIpc) is 3.14. The molecule has 7 heteroatoms. The zero-order valence-electron chi connectivity index (χ0n) is 16.1. The van der Waals surface area contributed by atoms with Gasteiger partial charge in [0.2, 0.25) is 5.91 Å².